The number of aryl methyl sites for hydroxylation is 1. The number of carbonyl (C=O) groups is 1. The van der Waals surface area contributed by atoms with Crippen molar-refractivity contribution in [3.05, 3.63) is 47.3 Å². The molecule has 0 saturated heterocycles. The number of anilines is 1. The van der Waals surface area contributed by atoms with Crippen LogP contribution in [0.5, 0.6) is 0 Å². The highest BCUT2D eigenvalue weighted by molar-refractivity contribution is 6.02. The maximum atomic E-state index is 12.1. The summed E-state index contributed by atoms with van der Waals surface area (Å²) in [5.74, 6) is 1.04. The maximum Gasteiger partial charge on any atom is 0.277 e. The molecule has 1 fully saturated rings. The Hall–Kier alpha value is -2.14. The molecule has 1 aromatic carbocycles. The van der Waals surface area contributed by atoms with E-state index in [2.05, 4.69) is 10.5 Å². The second kappa shape index (κ2) is 6.10. The monoisotopic (exact) mass is 285 g/mol. The zero-order valence-electron chi connectivity index (χ0n) is 11.8. The third-order valence-corrected chi connectivity index (χ3v) is 3.62. The molecule has 0 unspecified atom stereocenters. The van der Waals surface area contributed by atoms with Crippen LogP contribution in [0, 0.1) is 0 Å². The molecule has 1 aliphatic rings. The number of nitrogens with one attached hydrogen (secondary N) is 1. The van der Waals surface area contributed by atoms with Crippen LogP contribution in [-0.2, 0) is 6.42 Å². The van der Waals surface area contributed by atoms with Crippen LogP contribution in [0.1, 0.15) is 47.0 Å². The second-order valence-corrected chi connectivity index (χ2v) is 5.43. The van der Waals surface area contributed by atoms with Crippen molar-refractivity contribution in [2.75, 3.05) is 11.9 Å². The van der Waals surface area contributed by atoms with Crippen molar-refractivity contribution in [2.24, 2.45) is 5.73 Å². The Bertz CT molecular complexity index is 615. The number of nitrogens with two attached hydrogens (primary N) is 1. The van der Waals surface area contributed by atoms with E-state index in [-0.39, 0.29) is 5.91 Å². The van der Waals surface area contributed by atoms with E-state index in [1.165, 1.54) is 5.56 Å². The van der Waals surface area contributed by atoms with Gasteiger partial charge in [-0.15, -0.1) is 0 Å². The smallest absolute Gasteiger partial charge is 0.277 e. The highest BCUT2D eigenvalue weighted by Gasteiger charge is 2.28. The molecule has 5 heteroatoms. The molecule has 0 aliphatic heterocycles. The largest absolute Gasteiger partial charge is 0.360 e. The summed E-state index contributed by atoms with van der Waals surface area (Å²) in [4.78, 5) is 12.1. The molecule has 1 heterocycles. The Morgan fingerprint density at radius 1 is 1.33 bits per heavy atom. The number of benzene rings is 1. The van der Waals surface area contributed by atoms with Gasteiger partial charge < -0.3 is 15.6 Å². The van der Waals surface area contributed by atoms with Gasteiger partial charge in [0.05, 0.1) is 0 Å². The van der Waals surface area contributed by atoms with Crippen molar-refractivity contribution in [3.8, 4) is 0 Å². The lowest BCUT2D eigenvalue weighted by Gasteiger charge is -2.04. The summed E-state index contributed by atoms with van der Waals surface area (Å²) in [5.41, 5.74) is 7.80. The first-order valence-electron chi connectivity index (χ1n) is 7.33. The summed E-state index contributed by atoms with van der Waals surface area (Å²) >= 11 is 0. The van der Waals surface area contributed by atoms with Crippen molar-refractivity contribution in [3.63, 3.8) is 0 Å². The molecule has 1 aromatic heterocycles. The predicted octanol–water partition coefficient (Wildman–Crippen LogP) is 2.70. The summed E-state index contributed by atoms with van der Waals surface area (Å²) in [7, 11) is 0. The van der Waals surface area contributed by atoms with Crippen molar-refractivity contribution < 1.29 is 9.32 Å². The molecule has 0 radical (unpaired) electrons. The lowest BCUT2D eigenvalue weighted by atomic mass is 10.1. The lowest BCUT2D eigenvalue weighted by Crippen LogP contribution is -2.12. The van der Waals surface area contributed by atoms with Gasteiger partial charge in [0.2, 0.25) is 0 Å². The van der Waals surface area contributed by atoms with Crippen LogP contribution in [0.4, 0.5) is 5.69 Å². The van der Waals surface area contributed by atoms with Crippen LogP contribution in [0.3, 0.4) is 0 Å². The molecule has 1 saturated carbocycles. The number of hydrogen-bond acceptors (Lipinski definition) is 4. The fourth-order valence-corrected chi connectivity index (χ4v) is 2.21. The van der Waals surface area contributed by atoms with Crippen molar-refractivity contribution in [1.29, 1.82) is 0 Å². The fraction of sp³-hybridized carbons (Fsp3) is 0.375. The zero-order valence-corrected chi connectivity index (χ0v) is 11.8. The fourth-order valence-electron chi connectivity index (χ4n) is 2.21. The summed E-state index contributed by atoms with van der Waals surface area (Å²) in [6.45, 7) is 0.688. The van der Waals surface area contributed by atoms with E-state index in [1.54, 1.807) is 6.07 Å². The lowest BCUT2D eigenvalue weighted by molar-refractivity contribution is 0.101. The van der Waals surface area contributed by atoms with Crippen LogP contribution in [0.2, 0.25) is 0 Å². The van der Waals surface area contributed by atoms with Gasteiger partial charge in [-0.2, -0.15) is 0 Å². The SMILES string of the molecule is NCCCc1ccc(NC(=O)c2cc(C3CC3)on2)cc1. The van der Waals surface area contributed by atoms with Crippen LogP contribution in [0.25, 0.3) is 0 Å². The Kier molecular flexibility index (Phi) is 4.01. The molecular weight excluding hydrogens is 266 g/mol. The summed E-state index contributed by atoms with van der Waals surface area (Å²) in [5, 5.41) is 6.66. The third kappa shape index (κ3) is 3.49. The van der Waals surface area contributed by atoms with Gasteiger partial charge >= 0.3 is 0 Å². The minimum Gasteiger partial charge on any atom is -0.360 e. The van der Waals surface area contributed by atoms with Gasteiger partial charge in [0.25, 0.3) is 5.91 Å². The van der Waals surface area contributed by atoms with E-state index in [1.807, 2.05) is 24.3 Å². The van der Waals surface area contributed by atoms with E-state index in [9.17, 15) is 4.79 Å². The van der Waals surface area contributed by atoms with Gasteiger partial charge in [0, 0.05) is 17.7 Å². The second-order valence-electron chi connectivity index (χ2n) is 5.43. The number of amides is 1. The predicted molar refractivity (Wildman–Crippen MR) is 80.2 cm³/mol. The van der Waals surface area contributed by atoms with E-state index < -0.39 is 0 Å². The highest BCUT2D eigenvalue weighted by Crippen LogP contribution is 2.40. The Morgan fingerprint density at radius 2 is 2.10 bits per heavy atom. The summed E-state index contributed by atoms with van der Waals surface area (Å²) in [6, 6.07) is 9.54. The normalized spacial score (nSPS) is 14.1. The molecule has 3 N–H and O–H groups in total. The molecule has 110 valence electrons. The molecule has 0 bridgehead atoms. The minimum absolute atomic E-state index is 0.236. The molecular formula is C16H19N3O2. The van der Waals surface area contributed by atoms with Crippen molar-refractivity contribution >= 4 is 11.6 Å². The molecule has 1 amide bonds. The standard InChI is InChI=1S/C16H19N3O2/c17-9-1-2-11-3-7-13(8-4-11)18-16(20)14-10-15(21-19-14)12-5-6-12/h3-4,7-8,10,12H,1-2,5-6,9,17H2,(H,18,20). The van der Waals surface area contributed by atoms with Crippen LogP contribution in [-0.4, -0.2) is 17.6 Å². The first-order valence-corrected chi connectivity index (χ1v) is 7.33. The maximum absolute atomic E-state index is 12.1. The van der Waals surface area contributed by atoms with Gasteiger partial charge in [-0.25, -0.2) is 0 Å². The van der Waals surface area contributed by atoms with E-state index in [0.29, 0.717) is 18.2 Å². The first kappa shape index (κ1) is 13.8. The third-order valence-electron chi connectivity index (χ3n) is 3.62. The number of carbonyl (C=O) groups excluding carboxylic acids is 1. The molecule has 21 heavy (non-hydrogen) atoms. The van der Waals surface area contributed by atoms with E-state index >= 15 is 0 Å². The molecule has 3 rings (SSSR count). The van der Waals surface area contributed by atoms with Crippen molar-refractivity contribution in [1.82, 2.24) is 5.16 Å². The van der Waals surface area contributed by atoms with Gasteiger partial charge in [0.15, 0.2) is 5.69 Å². The van der Waals surface area contributed by atoms with E-state index in [0.717, 1.165) is 37.1 Å². The molecule has 0 atom stereocenters. The zero-order chi connectivity index (χ0) is 14.7. The van der Waals surface area contributed by atoms with Gasteiger partial charge in [0.1, 0.15) is 5.76 Å². The molecule has 5 nitrogen and oxygen atoms in total. The summed E-state index contributed by atoms with van der Waals surface area (Å²) in [6.07, 6.45) is 4.17. The first-order chi connectivity index (χ1) is 10.3. The Balaban J connectivity index is 1.60. The van der Waals surface area contributed by atoms with Crippen LogP contribution >= 0.6 is 0 Å². The molecule has 2 aromatic rings. The van der Waals surface area contributed by atoms with Gasteiger partial charge in [-0.3, -0.25) is 4.79 Å². The number of hydrogen-bond donors (Lipinski definition) is 2. The Labute approximate surface area is 123 Å². The van der Waals surface area contributed by atoms with Crippen LogP contribution in [0.15, 0.2) is 34.9 Å². The van der Waals surface area contributed by atoms with Gasteiger partial charge in [-0.05, 0) is 49.9 Å². The highest BCUT2D eigenvalue weighted by atomic mass is 16.5. The topological polar surface area (TPSA) is 81.1 Å². The van der Waals surface area contributed by atoms with Gasteiger partial charge in [-0.1, -0.05) is 17.3 Å². The number of rotatable bonds is 6. The molecule has 0 spiro atoms. The Morgan fingerprint density at radius 3 is 2.76 bits per heavy atom. The number of nitrogens with zero attached hydrogens (tertiary/aromatic N) is 1. The van der Waals surface area contributed by atoms with Crippen molar-refractivity contribution in [2.45, 2.75) is 31.6 Å². The van der Waals surface area contributed by atoms with Crippen LogP contribution < -0.4 is 11.1 Å². The average Bonchev–Trinajstić information content (AvgIpc) is 3.23. The quantitative estimate of drug-likeness (QED) is 0.855. The number of aromatic nitrogens is 1. The molecule has 1 aliphatic carbocycles. The van der Waals surface area contributed by atoms with E-state index in [4.69, 9.17) is 10.3 Å². The summed E-state index contributed by atoms with van der Waals surface area (Å²) < 4.78 is 5.19. The minimum atomic E-state index is -0.236. The average molecular weight is 285 g/mol.